The van der Waals surface area contributed by atoms with E-state index in [4.69, 9.17) is 0 Å². The SMILES string of the molecule is Cc1ccc(NC(=O)C(C)C)c(C(=O)N(C)Cc2ccn[nH]2)c1. The van der Waals surface area contributed by atoms with Gasteiger partial charge < -0.3 is 10.2 Å². The lowest BCUT2D eigenvalue weighted by molar-refractivity contribution is -0.118. The Kier molecular flexibility index (Phi) is 5.16. The van der Waals surface area contributed by atoms with Crippen LogP contribution in [0.15, 0.2) is 30.5 Å². The lowest BCUT2D eigenvalue weighted by Crippen LogP contribution is -2.28. The molecule has 2 rings (SSSR count). The zero-order valence-corrected chi connectivity index (χ0v) is 13.9. The fraction of sp³-hybridized carbons (Fsp3) is 0.353. The summed E-state index contributed by atoms with van der Waals surface area (Å²) in [5.41, 5.74) is 2.84. The lowest BCUT2D eigenvalue weighted by atomic mass is 10.1. The van der Waals surface area contributed by atoms with E-state index in [-0.39, 0.29) is 17.7 Å². The lowest BCUT2D eigenvalue weighted by Gasteiger charge is -2.19. The molecule has 6 heteroatoms. The fourth-order valence-corrected chi connectivity index (χ4v) is 2.13. The maximum atomic E-state index is 12.7. The van der Waals surface area contributed by atoms with Gasteiger partial charge >= 0.3 is 0 Å². The van der Waals surface area contributed by atoms with Crippen molar-refractivity contribution >= 4 is 17.5 Å². The van der Waals surface area contributed by atoms with E-state index in [9.17, 15) is 9.59 Å². The number of aromatic nitrogens is 2. The first-order chi connectivity index (χ1) is 10.9. The van der Waals surface area contributed by atoms with E-state index >= 15 is 0 Å². The average molecular weight is 314 g/mol. The number of aromatic amines is 1. The summed E-state index contributed by atoms with van der Waals surface area (Å²) in [4.78, 5) is 26.3. The topological polar surface area (TPSA) is 78.1 Å². The summed E-state index contributed by atoms with van der Waals surface area (Å²) in [5.74, 6) is -0.413. The molecule has 0 aliphatic heterocycles. The molecule has 0 spiro atoms. The van der Waals surface area contributed by atoms with Gasteiger partial charge in [-0.2, -0.15) is 5.10 Å². The number of carbonyl (C=O) groups excluding carboxylic acids is 2. The van der Waals surface area contributed by atoms with Crippen LogP contribution >= 0.6 is 0 Å². The van der Waals surface area contributed by atoms with Gasteiger partial charge in [0.2, 0.25) is 5.91 Å². The summed E-state index contributed by atoms with van der Waals surface area (Å²) in [6.07, 6.45) is 1.65. The molecule has 0 bridgehead atoms. The van der Waals surface area contributed by atoms with Crippen LogP contribution in [-0.2, 0) is 11.3 Å². The smallest absolute Gasteiger partial charge is 0.256 e. The van der Waals surface area contributed by atoms with E-state index < -0.39 is 0 Å². The minimum absolute atomic E-state index is 0.112. The van der Waals surface area contributed by atoms with Crippen molar-refractivity contribution in [1.82, 2.24) is 15.1 Å². The van der Waals surface area contributed by atoms with Crippen LogP contribution in [0, 0.1) is 12.8 Å². The molecule has 0 saturated carbocycles. The number of nitrogens with zero attached hydrogens (tertiary/aromatic N) is 2. The van der Waals surface area contributed by atoms with Crippen molar-refractivity contribution in [2.45, 2.75) is 27.3 Å². The maximum Gasteiger partial charge on any atom is 0.256 e. The Labute approximate surface area is 135 Å². The van der Waals surface area contributed by atoms with Crippen LogP contribution < -0.4 is 5.32 Å². The van der Waals surface area contributed by atoms with Gasteiger partial charge in [-0.05, 0) is 25.1 Å². The van der Waals surface area contributed by atoms with E-state index in [0.717, 1.165) is 11.3 Å². The molecule has 2 amide bonds. The highest BCUT2D eigenvalue weighted by Gasteiger charge is 2.19. The molecule has 0 unspecified atom stereocenters. The van der Waals surface area contributed by atoms with E-state index in [1.165, 1.54) is 0 Å². The van der Waals surface area contributed by atoms with Gasteiger partial charge in [0.25, 0.3) is 5.91 Å². The second-order valence-corrected chi connectivity index (χ2v) is 5.94. The number of benzene rings is 1. The summed E-state index contributed by atoms with van der Waals surface area (Å²) in [5, 5.41) is 9.54. The summed E-state index contributed by atoms with van der Waals surface area (Å²) in [6, 6.07) is 7.26. The van der Waals surface area contributed by atoms with Crippen LogP contribution in [0.4, 0.5) is 5.69 Å². The first-order valence-corrected chi connectivity index (χ1v) is 7.53. The summed E-state index contributed by atoms with van der Waals surface area (Å²) < 4.78 is 0. The van der Waals surface area contributed by atoms with Crippen molar-refractivity contribution in [3.63, 3.8) is 0 Å². The van der Waals surface area contributed by atoms with Crippen LogP contribution in [-0.4, -0.2) is 34.0 Å². The number of aryl methyl sites for hydroxylation is 1. The highest BCUT2D eigenvalue weighted by atomic mass is 16.2. The fourth-order valence-electron chi connectivity index (χ4n) is 2.13. The van der Waals surface area contributed by atoms with Gasteiger partial charge in [-0.25, -0.2) is 0 Å². The summed E-state index contributed by atoms with van der Waals surface area (Å²) >= 11 is 0. The molecule has 122 valence electrons. The standard InChI is InChI=1S/C17H22N4O2/c1-11(2)16(22)19-15-6-5-12(3)9-14(15)17(23)21(4)10-13-7-8-18-20-13/h5-9,11H,10H2,1-4H3,(H,18,20)(H,19,22). The third kappa shape index (κ3) is 4.18. The van der Waals surface area contributed by atoms with Crippen LogP contribution in [0.5, 0.6) is 0 Å². The van der Waals surface area contributed by atoms with Crippen LogP contribution in [0.25, 0.3) is 0 Å². The van der Waals surface area contributed by atoms with Crippen LogP contribution in [0.2, 0.25) is 0 Å². The molecule has 1 aromatic carbocycles. The van der Waals surface area contributed by atoms with Gasteiger partial charge in [0.05, 0.1) is 23.5 Å². The van der Waals surface area contributed by atoms with Gasteiger partial charge in [-0.1, -0.05) is 25.5 Å². The van der Waals surface area contributed by atoms with Crippen molar-refractivity contribution in [2.24, 2.45) is 5.92 Å². The molecule has 1 aromatic heterocycles. The molecule has 0 atom stereocenters. The zero-order valence-electron chi connectivity index (χ0n) is 13.9. The quantitative estimate of drug-likeness (QED) is 0.890. The third-order valence-corrected chi connectivity index (χ3v) is 3.50. The minimum atomic E-state index is -0.151. The Bertz CT molecular complexity index is 693. The van der Waals surface area contributed by atoms with Gasteiger partial charge in [0.15, 0.2) is 0 Å². The number of anilines is 1. The Morgan fingerprint density at radius 1 is 1.30 bits per heavy atom. The average Bonchev–Trinajstić information content (AvgIpc) is 3.00. The summed E-state index contributed by atoms with van der Waals surface area (Å²) in [7, 11) is 1.72. The van der Waals surface area contributed by atoms with Crippen molar-refractivity contribution in [3.05, 3.63) is 47.3 Å². The number of nitrogens with one attached hydrogen (secondary N) is 2. The summed E-state index contributed by atoms with van der Waals surface area (Å²) in [6.45, 7) is 5.97. The Morgan fingerprint density at radius 3 is 2.65 bits per heavy atom. The van der Waals surface area contributed by atoms with Crippen molar-refractivity contribution < 1.29 is 9.59 Å². The minimum Gasteiger partial charge on any atom is -0.336 e. The molecule has 0 saturated heterocycles. The van der Waals surface area contributed by atoms with Crippen molar-refractivity contribution in [1.29, 1.82) is 0 Å². The largest absolute Gasteiger partial charge is 0.336 e. The van der Waals surface area contributed by atoms with Gasteiger partial charge in [0.1, 0.15) is 0 Å². The predicted molar refractivity (Wildman–Crippen MR) is 89.0 cm³/mol. The van der Waals surface area contributed by atoms with Gasteiger partial charge in [-0.15, -0.1) is 0 Å². The van der Waals surface area contributed by atoms with Crippen molar-refractivity contribution in [2.75, 3.05) is 12.4 Å². The number of hydrogen-bond acceptors (Lipinski definition) is 3. The molecule has 1 heterocycles. The maximum absolute atomic E-state index is 12.7. The van der Waals surface area contributed by atoms with E-state index in [2.05, 4.69) is 15.5 Å². The Hall–Kier alpha value is -2.63. The number of rotatable bonds is 5. The zero-order chi connectivity index (χ0) is 17.0. The van der Waals surface area contributed by atoms with E-state index in [1.54, 1.807) is 30.3 Å². The molecular formula is C17H22N4O2. The van der Waals surface area contributed by atoms with Gasteiger partial charge in [0, 0.05) is 19.2 Å². The van der Waals surface area contributed by atoms with Crippen LogP contribution in [0.1, 0.15) is 35.5 Å². The van der Waals surface area contributed by atoms with Gasteiger partial charge in [-0.3, -0.25) is 14.7 Å². The molecule has 23 heavy (non-hydrogen) atoms. The number of carbonyl (C=O) groups is 2. The molecule has 0 radical (unpaired) electrons. The second-order valence-electron chi connectivity index (χ2n) is 5.94. The van der Waals surface area contributed by atoms with E-state index in [1.807, 2.05) is 32.9 Å². The highest BCUT2D eigenvalue weighted by Crippen LogP contribution is 2.20. The van der Waals surface area contributed by atoms with Crippen LogP contribution in [0.3, 0.4) is 0 Å². The Balaban J connectivity index is 2.24. The number of H-pyrrole nitrogens is 1. The number of amides is 2. The molecule has 0 fully saturated rings. The molecule has 2 aromatic rings. The Morgan fingerprint density at radius 2 is 2.04 bits per heavy atom. The molecule has 2 N–H and O–H groups in total. The predicted octanol–water partition coefficient (Wildman–Crippen LogP) is 2.58. The molecule has 0 aliphatic rings. The van der Waals surface area contributed by atoms with Crippen molar-refractivity contribution in [3.8, 4) is 0 Å². The third-order valence-electron chi connectivity index (χ3n) is 3.50. The monoisotopic (exact) mass is 314 g/mol. The normalized spacial score (nSPS) is 10.7. The second kappa shape index (κ2) is 7.09. The molecule has 0 aliphatic carbocycles. The van der Waals surface area contributed by atoms with E-state index in [0.29, 0.717) is 17.8 Å². The number of hydrogen-bond donors (Lipinski definition) is 2. The molecular weight excluding hydrogens is 292 g/mol. The highest BCUT2D eigenvalue weighted by molar-refractivity contribution is 6.04. The first kappa shape index (κ1) is 16.7. The first-order valence-electron chi connectivity index (χ1n) is 7.53. The molecule has 6 nitrogen and oxygen atoms in total.